The second-order valence-corrected chi connectivity index (χ2v) is 3.99. The van der Waals surface area contributed by atoms with Crippen molar-refractivity contribution in [2.75, 3.05) is 17.7 Å². The molecule has 0 aliphatic rings. The van der Waals surface area contributed by atoms with Gasteiger partial charge < -0.3 is 10.6 Å². The van der Waals surface area contributed by atoms with Gasteiger partial charge in [0, 0.05) is 49.5 Å². The van der Waals surface area contributed by atoms with E-state index in [2.05, 4.69) is 15.6 Å². The molecule has 0 atom stereocenters. The second-order valence-electron chi connectivity index (χ2n) is 3.99. The highest BCUT2D eigenvalue weighted by atomic mass is 16.6. The Balaban J connectivity index is 2.15. The molecule has 2 rings (SSSR count). The van der Waals surface area contributed by atoms with E-state index in [1.54, 1.807) is 19.4 Å². The van der Waals surface area contributed by atoms with Gasteiger partial charge in [-0.05, 0) is 17.7 Å². The van der Waals surface area contributed by atoms with Gasteiger partial charge in [-0.2, -0.15) is 0 Å². The fourth-order valence-corrected chi connectivity index (χ4v) is 1.67. The molecule has 2 aromatic rings. The number of hydrogen-bond donors (Lipinski definition) is 2. The molecule has 0 amide bonds. The summed E-state index contributed by atoms with van der Waals surface area (Å²) in [5.41, 5.74) is 2.46. The Kier molecular flexibility index (Phi) is 3.92. The molecular weight excluding hydrogens is 244 g/mol. The molecule has 0 saturated carbocycles. The van der Waals surface area contributed by atoms with Crippen molar-refractivity contribution in [1.29, 1.82) is 0 Å². The van der Waals surface area contributed by atoms with Crippen molar-refractivity contribution in [2.24, 2.45) is 0 Å². The van der Waals surface area contributed by atoms with Crippen molar-refractivity contribution in [2.45, 2.75) is 6.54 Å². The van der Waals surface area contributed by atoms with Gasteiger partial charge in [0.2, 0.25) is 0 Å². The highest BCUT2D eigenvalue weighted by Gasteiger charge is 2.09. The van der Waals surface area contributed by atoms with Crippen LogP contribution in [0.3, 0.4) is 0 Å². The van der Waals surface area contributed by atoms with Crippen LogP contribution in [0.25, 0.3) is 0 Å². The molecule has 0 aliphatic carbocycles. The SMILES string of the molecule is CNc1cc(NCc2cccnc2)cc([N+](=O)[O-])c1. The third-order valence-corrected chi connectivity index (χ3v) is 2.64. The zero-order chi connectivity index (χ0) is 13.7. The molecule has 0 radical (unpaired) electrons. The van der Waals surface area contributed by atoms with Crippen LogP contribution in [-0.4, -0.2) is 17.0 Å². The number of nitrogens with zero attached hydrogens (tertiary/aromatic N) is 2. The van der Waals surface area contributed by atoms with Gasteiger partial charge in [0.15, 0.2) is 0 Å². The average Bonchev–Trinajstić information content (AvgIpc) is 2.45. The Hall–Kier alpha value is -2.63. The number of nitrogens with one attached hydrogen (secondary N) is 2. The fraction of sp³-hybridized carbons (Fsp3) is 0.154. The summed E-state index contributed by atoms with van der Waals surface area (Å²) in [5.74, 6) is 0. The maximum Gasteiger partial charge on any atom is 0.273 e. The Labute approximate surface area is 110 Å². The number of benzene rings is 1. The largest absolute Gasteiger partial charge is 0.388 e. The van der Waals surface area contributed by atoms with Gasteiger partial charge in [-0.3, -0.25) is 15.1 Å². The van der Waals surface area contributed by atoms with E-state index in [-0.39, 0.29) is 5.69 Å². The molecule has 6 heteroatoms. The van der Waals surface area contributed by atoms with Crippen LogP contribution in [0.1, 0.15) is 5.56 Å². The van der Waals surface area contributed by atoms with Crippen molar-refractivity contribution < 1.29 is 4.92 Å². The number of nitro benzene ring substituents is 1. The van der Waals surface area contributed by atoms with E-state index in [0.29, 0.717) is 17.9 Å². The van der Waals surface area contributed by atoms with E-state index < -0.39 is 4.92 Å². The molecule has 1 aromatic carbocycles. The van der Waals surface area contributed by atoms with Gasteiger partial charge in [-0.1, -0.05) is 6.07 Å². The number of non-ortho nitro benzene ring substituents is 1. The average molecular weight is 258 g/mol. The second kappa shape index (κ2) is 5.81. The lowest BCUT2D eigenvalue weighted by molar-refractivity contribution is -0.384. The lowest BCUT2D eigenvalue weighted by Gasteiger charge is -2.08. The smallest absolute Gasteiger partial charge is 0.273 e. The third kappa shape index (κ3) is 3.41. The molecule has 19 heavy (non-hydrogen) atoms. The molecule has 2 N–H and O–H groups in total. The zero-order valence-electron chi connectivity index (χ0n) is 10.5. The molecule has 6 nitrogen and oxygen atoms in total. The van der Waals surface area contributed by atoms with Crippen LogP contribution in [0.5, 0.6) is 0 Å². The normalized spacial score (nSPS) is 9.95. The van der Waals surface area contributed by atoms with Crippen LogP contribution in [0.2, 0.25) is 0 Å². The highest BCUT2D eigenvalue weighted by Crippen LogP contribution is 2.24. The van der Waals surface area contributed by atoms with Crippen molar-refractivity contribution in [3.8, 4) is 0 Å². The number of pyridine rings is 1. The Morgan fingerprint density at radius 3 is 2.74 bits per heavy atom. The van der Waals surface area contributed by atoms with Crippen molar-refractivity contribution in [3.05, 3.63) is 58.4 Å². The minimum Gasteiger partial charge on any atom is -0.388 e. The van der Waals surface area contributed by atoms with Crippen LogP contribution in [0.4, 0.5) is 17.1 Å². The summed E-state index contributed by atoms with van der Waals surface area (Å²) < 4.78 is 0. The maximum atomic E-state index is 10.8. The maximum absolute atomic E-state index is 10.8. The quantitative estimate of drug-likeness (QED) is 0.636. The summed E-state index contributed by atoms with van der Waals surface area (Å²) in [6, 6.07) is 8.62. The van der Waals surface area contributed by atoms with Crippen molar-refractivity contribution in [3.63, 3.8) is 0 Å². The van der Waals surface area contributed by atoms with Gasteiger partial charge in [-0.15, -0.1) is 0 Å². The van der Waals surface area contributed by atoms with Gasteiger partial charge in [0.1, 0.15) is 0 Å². The van der Waals surface area contributed by atoms with E-state index in [4.69, 9.17) is 0 Å². The first-order valence-electron chi connectivity index (χ1n) is 5.79. The van der Waals surface area contributed by atoms with Crippen molar-refractivity contribution >= 4 is 17.1 Å². The predicted octanol–water partition coefficient (Wildman–Crippen LogP) is 2.64. The van der Waals surface area contributed by atoms with E-state index in [9.17, 15) is 10.1 Å². The van der Waals surface area contributed by atoms with Gasteiger partial charge >= 0.3 is 0 Å². The van der Waals surface area contributed by atoms with Crippen LogP contribution in [0.15, 0.2) is 42.7 Å². The lowest BCUT2D eigenvalue weighted by atomic mass is 10.2. The monoisotopic (exact) mass is 258 g/mol. The van der Waals surface area contributed by atoms with Crippen LogP contribution >= 0.6 is 0 Å². The molecule has 0 spiro atoms. The van der Waals surface area contributed by atoms with Gasteiger partial charge in [0.25, 0.3) is 5.69 Å². The first kappa shape index (κ1) is 12.8. The van der Waals surface area contributed by atoms with E-state index >= 15 is 0 Å². The molecule has 0 aliphatic heterocycles. The molecule has 1 aromatic heterocycles. The number of nitro groups is 1. The van der Waals surface area contributed by atoms with Crippen LogP contribution in [-0.2, 0) is 6.54 Å². The van der Waals surface area contributed by atoms with Gasteiger partial charge in [-0.25, -0.2) is 0 Å². The summed E-state index contributed by atoms with van der Waals surface area (Å²) in [6.45, 7) is 0.568. The number of aromatic nitrogens is 1. The Bertz CT molecular complexity index is 572. The molecule has 0 bridgehead atoms. The summed E-state index contributed by atoms with van der Waals surface area (Å²) in [7, 11) is 1.73. The van der Waals surface area contributed by atoms with Crippen LogP contribution in [0, 0.1) is 10.1 Å². The highest BCUT2D eigenvalue weighted by molar-refractivity contribution is 5.63. The zero-order valence-corrected chi connectivity index (χ0v) is 10.5. The molecular formula is C13H14N4O2. The third-order valence-electron chi connectivity index (χ3n) is 2.64. The Morgan fingerprint density at radius 1 is 1.32 bits per heavy atom. The minimum atomic E-state index is -0.407. The molecule has 98 valence electrons. The molecule has 0 saturated heterocycles. The van der Waals surface area contributed by atoms with E-state index in [1.165, 1.54) is 12.1 Å². The molecule has 0 fully saturated rings. The standard InChI is InChI=1S/C13H14N4O2/c1-14-11-5-12(7-13(6-11)17(18)19)16-9-10-3-2-4-15-8-10/h2-8,14,16H,9H2,1H3. The van der Waals surface area contributed by atoms with Crippen LogP contribution < -0.4 is 10.6 Å². The Morgan fingerprint density at radius 2 is 2.11 bits per heavy atom. The summed E-state index contributed by atoms with van der Waals surface area (Å²) in [4.78, 5) is 14.4. The van der Waals surface area contributed by atoms with E-state index in [0.717, 1.165) is 5.56 Å². The molecule has 0 unspecified atom stereocenters. The fourth-order valence-electron chi connectivity index (χ4n) is 1.67. The minimum absolute atomic E-state index is 0.0561. The topological polar surface area (TPSA) is 80.1 Å². The number of hydrogen-bond acceptors (Lipinski definition) is 5. The van der Waals surface area contributed by atoms with E-state index in [1.807, 2.05) is 18.2 Å². The lowest BCUT2D eigenvalue weighted by Crippen LogP contribution is -2.01. The first-order chi connectivity index (χ1) is 9.19. The summed E-state index contributed by atoms with van der Waals surface area (Å²) >= 11 is 0. The summed E-state index contributed by atoms with van der Waals surface area (Å²) in [6.07, 6.45) is 3.46. The van der Waals surface area contributed by atoms with Gasteiger partial charge in [0.05, 0.1) is 4.92 Å². The number of anilines is 2. The van der Waals surface area contributed by atoms with Crippen molar-refractivity contribution in [1.82, 2.24) is 4.98 Å². The molecule has 1 heterocycles. The first-order valence-corrected chi connectivity index (χ1v) is 5.79. The predicted molar refractivity (Wildman–Crippen MR) is 74.2 cm³/mol. The summed E-state index contributed by atoms with van der Waals surface area (Å²) in [5, 5.41) is 16.9. The number of rotatable bonds is 5.